The van der Waals surface area contributed by atoms with Gasteiger partial charge in [0.05, 0.1) is 0 Å². The Kier molecular flexibility index (Phi) is 6.01. The van der Waals surface area contributed by atoms with Crippen LogP contribution in [0.5, 0.6) is 0 Å². The van der Waals surface area contributed by atoms with E-state index in [-0.39, 0.29) is 0 Å². The molecular weight excluding hydrogens is 193 g/mol. The maximum absolute atomic E-state index is 8.19. The van der Waals surface area contributed by atoms with Crippen LogP contribution in [0.1, 0.15) is 27.7 Å². The Labute approximate surface area is 83.5 Å². The molecule has 0 saturated carbocycles. The second-order valence-electron chi connectivity index (χ2n) is 3.18. The molecule has 1 rings (SSSR count). The van der Waals surface area contributed by atoms with Gasteiger partial charge in [-0.25, -0.2) is 0 Å². The van der Waals surface area contributed by atoms with Crippen LogP contribution in [0.15, 0.2) is 0 Å². The second kappa shape index (κ2) is 5.87. The molecule has 0 radical (unpaired) electrons. The summed E-state index contributed by atoms with van der Waals surface area (Å²) < 4.78 is 13.8. The van der Waals surface area contributed by atoms with Crippen molar-refractivity contribution < 1.29 is 25.8 Å². The molecular formula is C8H16NO2V-. The van der Waals surface area contributed by atoms with Gasteiger partial charge in [-0.3, -0.25) is 0 Å². The van der Waals surface area contributed by atoms with Gasteiger partial charge >= 0.3 is 21.0 Å². The third-order valence-electron chi connectivity index (χ3n) is 2.26. The van der Waals surface area contributed by atoms with E-state index in [0.717, 1.165) is 17.4 Å². The predicted molar refractivity (Wildman–Crippen MR) is 43.0 cm³/mol. The van der Waals surface area contributed by atoms with E-state index in [9.17, 15) is 0 Å². The van der Waals surface area contributed by atoms with E-state index in [2.05, 4.69) is 33.0 Å². The van der Waals surface area contributed by atoms with E-state index in [1.54, 1.807) is 0 Å². The van der Waals surface area contributed by atoms with Crippen LogP contribution in [0.4, 0.5) is 0 Å². The first-order chi connectivity index (χ1) is 5.61. The molecule has 1 aliphatic rings. The van der Waals surface area contributed by atoms with Crippen molar-refractivity contribution in [3.05, 3.63) is 5.32 Å². The van der Waals surface area contributed by atoms with Crippen molar-refractivity contribution in [1.82, 2.24) is 0 Å². The van der Waals surface area contributed by atoms with Crippen molar-refractivity contribution in [3.63, 3.8) is 0 Å². The summed E-state index contributed by atoms with van der Waals surface area (Å²) in [6.07, 6.45) is 0.595. The Hall–Kier alpha value is 0.304. The summed E-state index contributed by atoms with van der Waals surface area (Å²) in [6, 6.07) is 0.734. The summed E-state index contributed by atoms with van der Waals surface area (Å²) in [5.74, 6) is 0. The van der Waals surface area contributed by atoms with Crippen molar-refractivity contribution >= 4 is 0 Å². The molecule has 12 heavy (non-hydrogen) atoms. The van der Waals surface area contributed by atoms with Gasteiger partial charge in [0.15, 0.2) is 0 Å². The predicted octanol–water partition coefficient (Wildman–Crippen LogP) is 1.82. The average Bonchev–Trinajstić information content (AvgIpc) is 2.05. The quantitative estimate of drug-likeness (QED) is 0.610. The summed E-state index contributed by atoms with van der Waals surface area (Å²) in [7, 11) is 0. The topological polar surface area (TPSA) is 40.4 Å². The van der Waals surface area contributed by atoms with Crippen molar-refractivity contribution in [1.29, 1.82) is 0 Å². The standard InChI is InChI=1S/C8H16NO.O.V/c1-5-7(3)10-8(4)6(2)9-5;;/h5-8H,1-4H3;;/q-1;;. The Bertz CT molecular complexity index is 108. The van der Waals surface area contributed by atoms with Gasteiger partial charge in [0, 0.05) is 12.2 Å². The van der Waals surface area contributed by atoms with Gasteiger partial charge in [-0.15, -0.1) is 12.1 Å². The summed E-state index contributed by atoms with van der Waals surface area (Å²) in [5.41, 5.74) is 0. The van der Waals surface area contributed by atoms with E-state index < -0.39 is 0 Å². The molecule has 4 heteroatoms. The van der Waals surface area contributed by atoms with Gasteiger partial charge in [-0.05, 0) is 13.8 Å². The number of hydrogen-bond donors (Lipinski definition) is 0. The molecule has 4 atom stereocenters. The summed E-state index contributed by atoms with van der Waals surface area (Å²) in [5, 5.41) is 4.52. The first-order valence-electron chi connectivity index (χ1n) is 4.15. The zero-order valence-corrected chi connectivity index (χ0v) is 9.42. The molecule has 0 bridgehead atoms. The Morgan fingerprint density at radius 3 is 1.58 bits per heavy atom. The minimum atomic E-state index is 0.297. The molecule has 3 nitrogen and oxygen atoms in total. The summed E-state index contributed by atoms with van der Waals surface area (Å²) >= 11 is 1.06. The minimum absolute atomic E-state index is 0.297. The van der Waals surface area contributed by atoms with Crippen LogP contribution in [0.2, 0.25) is 0 Å². The maximum atomic E-state index is 8.19. The van der Waals surface area contributed by atoms with Gasteiger partial charge in [0.1, 0.15) is 0 Å². The molecule has 0 N–H and O–H groups in total. The normalized spacial score (nSPS) is 41.2. The molecule has 0 spiro atoms. The fourth-order valence-electron chi connectivity index (χ4n) is 1.18. The number of rotatable bonds is 0. The average molecular weight is 209 g/mol. The molecule has 0 aromatic rings. The van der Waals surface area contributed by atoms with Crippen LogP contribution in [-0.2, 0) is 25.8 Å². The molecule has 71 valence electrons. The van der Waals surface area contributed by atoms with Gasteiger partial charge < -0.3 is 10.1 Å². The van der Waals surface area contributed by atoms with Crippen molar-refractivity contribution in [2.45, 2.75) is 52.0 Å². The van der Waals surface area contributed by atoms with Crippen molar-refractivity contribution in [2.75, 3.05) is 0 Å². The van der Waals surface area contributed by atoms with E-state index >= 15 is 0 Å². The van der Waals surface area contributed by atoms with Gasteiger partial charge in [-0.1, -0.05) is 13.8 Å². The molecule has 0 aromatic heterocycles. The van der Waals surface area contributed by atoms with Crippen LogP contribution < -0.4 is 0 Å². The molecule has 0 aromatic carbocycles. The fourth-order valence-corrected chi connectivity index (χ4v) is 1.18. The van der Waals surface area contributed by atoms with Crippen LogP contribution in [0.25, 0.3) is 5.32 Å². The van der Waals surface area contributed by atoms with Gasteiger partial charge in [0.2, 0.25) is 0 Å². The Morgan fingerprint density at radius 1 is 1.00 bits per heavy atom. The third-order valence-corrected chi connectivity index (χ3v) is 2.26. The van der Waals surface area contributed by atoms with E-state index in [0.29, 0.717) is 24.3 Å². The number of morpholine rings is 1. The number of hydrogen-bond acceptors (Lipinski definition) is 2. The van der Waals surface area contributed by atoms with Gasteiger partial charge in [0.25, 0.3) is 0 Å². The molecule has 1 fully saturated rings. The summed E-state index contributed by atoms with van der Waals surface area (Å²) in [4.78, 5) is 0. The third kappa shape index (κ3) is 3.36. The first kappa shape index (κ1) is 12.3. The second-order valence-corrected chi connectivity index (χ2v) is 3.18. The zero-order valence-electron chi connectivity index (χ0n) is 8.02. The van der Waals surface area contributed by atoms with Crippen LogP contribution in [0.3, 0.4) is 0 Å². The summed E-state index contributed by atoms with van der Waals surface area (Å²) in [6.45, 7) is 8.37. The number of nitrogens with zero attached hydrogens (tertiary/aromatic N) is 1. The Morgan fingerprint density at radius 2 is 1.33 bits per heavy atom. The monoisotopic (exact) mass is 209 g/mol. The van der Waals surface area contributed by atoms with Crippen LogP contribution in [-0.4, -0.2) is 24.3 Å². The molecule has 0 aliphatic carbocycles. The van der Waals surface area contributed by atoms with Crippen molar-refractivity contribution in [2.24, 2.45) is 0 Å². The van der Waals surface area contributed by atoms with E-state index in [1.807, 2.05) is 0 Å². The SMILES string of the molecule is CC1[N-]C(C)C(C)OC1C.[O]=[V]. The van der Waals surface area contributed by atoms with Crippen LogP contribution >= 0.6 is 0 Å². The van der Waals surface area contributed by atoms with Crippen LogP contribution in [0, 0.1) is 0 Å². The molecule has 0 amide bonds. The number of ether oxygens (including phenoxy) is 1. The molecule has 1 saturated heterocycles. The zero-order chi connectivity index (χ0) is 9.72. The molecule has 1 heterocycles. The first-order valence-corrected chi connectivity index (χ1v) is 4.72. The molecule has 4 unspecified atom stereocenters. The van der Waals surface area contributed by atoms with E-state index in [4.69, 9.17) is 8.41 Å². The fraction of sp³-hybridized carbons (Fsp3) is 1.00. The van der Waals surface area contributed by atoms with Gasteiger partial charge in [-0.2, -0.15) is 0 Å². The molecule has 1 aliphatic heterocycles. The van der Waals surface area contributed by atoms with E-state index in [1.165, 1.54) is 0 Å². The van der Waals surface area contributed by atoms with Crippen molar-refractivity contribution in [3.8, 4) is 0 Å². The Balaban J connectivity index is 0.000000561.